The van der Waals surface area contributed by atoms with E-state index in [0.717, 1.165) is 23.8 Å². The highest BCUT2D eigenvalue weighted by Crippen LogP contribution is 2.22. The number of hydrogen-bond acceptors (Lipinski definition) is 3. The van der Waals surface area contributed by atoms with Crippen LogP contribution in [0.4, 0.5) is 0 Å². The predicted octanol–water partition coefficient (Wildman–Crippen LogP) is 3.23. The van der Waals surface area contributed by atoms with Crippen molar-refractivity contribution in [1.29, 1.82) is 0 Å². The van der Waals surface area contributed by atoms with Crippen LogP contribution in [0, 0.1) is 6.92 Å². The number of nitrogens with one attached hydrogen (secondary N) is 1. The van der Waals surface area contributed by atoms with Gasteiger partial charge in [-0.2, -0.15) is 0 Å². The first kappa shape index (κ1) is 11.3. The maximum atomic E-state index is 4.62. The van der Waals surface area contributed by atoms with Crippen LogP contribution in [0.25, 0.3) is 11.3 Å². The van der Waals surface area contributed by atoms with Crippen molar-refractivity contribution in [3.8, 4) is 11.3 Å². The summed E-state index contributed by atoms with van der Waals surface area (Å²) in [4.78, 5) is 4.62. The minimum atomic E-state index is 0.868. The lowest BCUT2D eigenvalue weighted by atomic mass is 10.1. The molecule has 16 heavy (non-hydrogen) atoms. The predicted molar refractivity (Wildman–Crippen MR) is 69.7 cm³/mol. The number of nitrogens with zero attached hydrogens (tertiary/aromatic N) is 1. The maximum absolute atomic E-state index is 4.62. The highest BCUT2D eigenvalue weighted by molar-refractivity contribution is 7.09. The Morgan fingerprint density at radius 2 is 2.25 bits per heavy atom. The van der Waals surface area contributed by atoms with Crippen molar-refractivity contribution < 1.29 is 0 Å². The lowest BCUT2D eigenvalue weighted by Crippen LogP contribution is -2.11. The Morgan fingerprint density at radius 1 is 1.38 bits per heavy atom. The minimum absolute atomic E-state index is 0.868. The second kappa shape index (κ2) is 5.23. The summed E-state index contributed by atoms with van der Waals surface area (Å²) < 4.78 is 0. The summed E-state index contributed by atoms with van der Waals surface area (Å²) >= 11 is 1.72. The van der Waals surface area contributed by atoms with Gasteiger partial charge in [0, 0.05) is 17.5 Å². The molecule has 0 atom stereocenters. The lowest BCUT2D eigenvalue weighted by Gasteiger charge is -1.98. The van der Waals surface area contributed by atoms with Gasteiger partial charge in [-0.25, -0.2) is 4.98 Å². The van der Waals surface area contributed by atoms with Gasteiger partial charge in [-0.1, -0.05) is 30.7 Å². The van der Waals surface area contributed by atoms with E-state index in [4.69, 9.17) is 0 Å². The van der Waals surface area contributed by atoms with E-state index < -0.39 is 0 Å². The van der Waals surface area contributed by atoms with Gasteiger partial charge in [-0.05, 0) is 19.5 Å². The molecule has 0 aliphatic rings. The van der Waals surface area contributed by atoms with Gasteiger partial charge in [0.1, 0.15) is 5.01 Å². The number of benzene rings is 1. The molecule has 1 heterocycles. The smallest absolute Gasteiger partial charge is 0.107 e. The fraction of sp³-hybridized carbons (Fsp3) is 0.308. The summed E-state index contributed by atoms with van der Waals surface area (Å²) in [5.74, 6) is 0. The molecule has 1 N–H and O–H groups in total. The van der Waals surface area contributed by atoms with E-state index in [2.05, 4.69) is 53.8 Å². The number of rotatable bonds is 4. The summed E-state index contributed by atoms with van der Waals surface area (Å²) in [6, 6.07) is 8.47. The zero-order chi connectivity index (χ0) is 11.4. The average Bonchev–Trinajstić information content (AvgIpc) is 2.75. The van der Waals surface area contributed by atoms with Crippen LogP contribution in [0.3, 0.4) is 0 Å². The van der Waals surface area contributed by atoms with E-state index >= 15 is 0 Å². The van der Waals surface area contributed by atoms with Crippen LogP contribution in [-0.2, 0) is 6.54 Å². The molecule has 0 unspecified atom stereocenters. The Morgan fingerprint density at radius 3 is 3.00 bits per heavy atom. The average molecular weight is 232 g/mol. The molecule has 0 aliphatic heterocycles. The normalized spacial score (nSPS) is 10.6. The summed E-state index contributed by atoms with van der Waals surface area (Å²) in [6.45, 7) is 6.07. The summed E-state index contributed by atoms with van der Waals surface area (Å²) in [5, 5.41) is 6.57. The Bertz CT molecular complexity index is 462. The van der Waals surface area contributed by atoms with Crippen LogP contribution < -0.4 is 5.32 Å². The fourth-order valence-corrected chi connectivity index (χ4v) is 2.33. The van der Waals surface area contributed by atoms with Crippen LogP contribution in [0.1, 0.15) is 17.5 Å². The summed E-state index contributed by atoms with van der Waals surface area (Å²) in [7, 11) is 0. The van der Waals surface area contributed by atoms with Gasteiger partial charge in [-0.15, -0.1) is 11.3 Å². The fourth-order valence-electron chi connectivity index (χ4n) is 1.56. The molecule has 0 aliphatic carbocycles. The van der Waals surface area contributed by atoms with Crippen LogP contribution in [0.15, 0.2) is 29.6 Å². The van der Waals surface area contributed by atoms with Crippen molar-refractivity contribution in [3.63, 3.8) is 0 Å². The van der Waals surface area contributed by atoms with Gasteiger partial charge in [0.2, 0.25) is 0 Å². The van der Waals surface area contributed by atoms with Gasteiger partial charge in [0.15, 0.2) is 0 Å². The third-order valence-electron chi connectivity index (χ3n) is 2.39. The van der Waals surface area contributed by atoms with Gasteiger partial charge in [0.25, 0.3) is 0 Å². The molecule has 0 saturated carbocycles. The lowest BCUT2D eigenvalue weighted by molar-refractivity contribution is 0.723. The number of thiazole rings is 1. The first-order chi connectivity index (χ1) is 7.79. The molecule has 0 saturated heterocycles. The highest BCUT2D eigenvalue weighted by Gasteiger charge is 2.03. The van der Waals surface area contributed by atoms with Crippen molar-refractivity contribution in [2.24, 2.45) is 0 Å². The zero-order valence-corrected chi connectivity index (χ0v) is 10.5. The molecule has 84 valence electrons. The minimum Gasteiger partial charge on any atom is -0.311 e. The molecule has 2 nitrogen and oxygen atoms in total. The van der Waals surface area contributed by atoms with Crippen LogP contribution in [-0.4, -0.2) is 11.5 Å². The third kappa shape index (κ3) is 2.68. The van der Waals surface area contributed by atoms with E-state index in [0.29, 0.717) is 0 Å². The van der Waals surface area contributed by atoms with E-state index in [9.17, 15) is 0 Å². The number of aromatic nitrogens is 1. The quantitative estimate of drug-likeness (QED) is 0.875. The van der Waals surface area contributed by atoms with Gasteiger partial charge in [-0.3, -0.25) is 0 Å². The molecule has 0 spiro atoms. The van der Waals surface area contributed by atoms with Crippen molar-refractivity contribution in [1.82, 2.24) is 10.3 Å². The van der Waals surface area contributed by atoms with E-state index in [1.54, 1.807) is 11.3 Å². The Labute approximate surface area is 100 Å². The van der Waals surface area contributed by atoms with Crippen molar-refractivity contribution in [3.05, 3.63) is 40.2 Å². The Kier molecular flexibility index (Phi) is 3.70. The van der Waals surface area contributed by atoms with E-state index in [1.165, 1.54) is 11.1 Å². The molecule has 1 aromatic heterocycles. The second-order valence-electron chi connectivity index (χ2n) is 3.78. The molecule has 2 aromatic rings. The maximum Gasteiger partial charge on any atom is 0.107 e. The molecule has 3 heteroatoms. The molecular formula is C13H16N2S. The second-order valence-corrected chi connectivity index (χ2v) is 4.72. The van der Waals surface area contributed by atoms with Gasteiger partial charge < -0.3 is 5.32 Å². The summed E-state index contributed by atoms with van der Waals surface area (Å²) in [5.41, 5.74) is 3.57. The van der Waals surface area contributed by atoms with Crippen LogP contribution in [0.2, 0.25) is 0 Å². The van der Waals surface area contributed by atoms with Crippen molar-refractivity contribution in [2.45, 2.75) is 20.4 Å². The first-order valence-electron chi connectivity index (χ1n) is 5.51. The highest BCUT2D eigenvalue weighted by atomic mass is 32.1. The van der Waals surface area contributed by atoms with Crippen LogP contribution >= 0.6 is 11.3 Å². The topological polar surface area (TPSA) is 24.9 Å². The third-order valence-corrected chi connectivity index (χ3v) is 3.24. The van der Waals surface area contributed by atoms with E-state index in [-0.39, 0.29) is 0 Å². The van der Waals surface area contributed by atoms with Crippen molar-refractivity contribution >= 4 is 11.3 Å². The van der Waals surface area contributed by atoms with Gasteiger partial charge >= 0.3 is 0 Å². The molecule has 2 rings (SSSR count). The molecule has 0 fully saturated rings. The SMILES string of the molecule is CCNCc1nc(-c2cccc(C)c2)cs1. The molecule has 0 bridgehead atoms. The molecule has 1 aromatic carbocycles. The standard InChI is InChI=1S/C13H16N2S/c1-3-14-8-13-15-12(9-16-13)11-6-4-5-10(2)7-11/h4-7,9,14H,3,8H2,1-2H3. The first-order valence-corrected chi connectivity index (χ1v) is 6.39. The zero-order valence-electron chi connectivity index (χ0n) is 9.66. The van der Waals surface area contributed by atoms with Crippen molar-refractivity contribution in [2.75, 3.05) is 6.54 Å². The monoisotopic (exact) mass is 232 g/mol. The molecule has 0 radical (unpaired) electrons. The molecule has 0 amide bonds. The number of aryl methyl sites for hydroxylation is 1. The largest absolute Gasteiger partial charge is 0.311 e. The molecular weight excluding hydrogens is 216 g/mol. The van der Waals surface area contributed by atoms with Gasteiger partial charge in [0.05, 0.1) is 5.69 Å². The summed E-state index contributed by atoms with van der Waals surface area (Å²) in [6.07, 6.45) is 0. The Hall–Kier alpha value is -1.19. The van der Waals surface area contributed by atoms with Crippen LogP contribution in [0.5, 0.6) is 0 Å². The number of hydrogen-bond donors (Lipinski definition) is 1. The van der Waals surface area contributed by atoms with E-state index in [1.807, 2.05) is 0 Å². The Balaban J connectivity index is 2.18.